The maximum atomic E-state index is 13.0. The predicted molar refractivity (Wildman–Crippen MR) is 108 cm³/mol. The first-order valence-electron chi connectivity index (χ1n) is 9.52. The Hall–Kier alpha value is -3.62. The molecule has 1 heterocycles. The number of hydrogen-bond acceptors (Lipinski definition) is 7. The molecule has 0 amide bonds. The number of rotatable bonds is 6. The van der Waals surface area contributed by atoms with Crippen LogP contribution in [0.3, 0.4) is 0 Å². The fourth-order valence-corrected chi connectivity index (χ4v) is 4.49. The second-order valence-corrected chi connectivity index (χ2v) is 8.83. The number of aromatic nitrogens is 2. The van der Waals surface area contributed by atoms with Gasteiger partial charge in [-0.1, -0.05) is 6.07 Å². The summed E-state index contributed by atoms with van der Waals surface area (Å²) in [6.45, 7) is 1.19. The van der Waals surface area contributed by atoms with Crippen LogP contribution in [0.2, 0.25) is 0 Å². The van der Waals surface area contributed by atoms with E-state index in [1.54, 1.807) is 0 Å². The first-order valence-corrected chi connectivity index (χ1v) is 11.2. The third-order valence-corrected chi connectivity index (χ3v) is 6.06. The van der Waals surface area contributed by atoms with Crippen LogP contribution in [0.5, 0.6) is 5.75 Å². The second-order valence-electron chi connectivity index (χ2n) is 6.88. The normalized spacial score (nSPS) is 12.5. The molecular weight excluding hydrogens is 510 g/mol. The molecule has 0 aliphatic rings. The smallest absolute Gasteiger partial charge is 0.461 e. The minimum absolute atomic E-state index is 0.0690. The second kappa shape index (κ2) is 9.20. The summed E-state index contributed by atoms with van der Waals surface area (Å²) >= 11 is 0. The van der Waals surface area contributed by atoms with Gasteiger partial charge >= 0.3 is 18.5 Å². The van der Waals surface area contributed by atoms with Crippen LogP contribution in [0.25, 0.3) is 16.6 Å². The van der Waals surface area contributed by atoms with Crippen LogP contribution in [0.4, 0.5) is 26.3 Å². The van der Waals surface area contributed by atoms with E-state index in [2.05, 4.69) is 9.84 Å². The number of alkyl halides is 6. The summed E-state index contributed by atoms with van der Waals surface area (Å²) in [6.07, 6.45) is -10.1. The highest BCUT2D eigenvalue weighted by Crippen LogP contribution is 2.29. The van der Waals surface area contributed by atoms with Crippen molar-refractivity contribution in [2.24, 2.45) is 0 Å². The van der Waals surface area contributed by atoms with Gasteiger partial charge in [0, 0.05) is 0 Å². The highest BCUT2D eigenvalue weighted by atomic mass is 32.2. The standard InChI is InChI=1S/C20H14F6N2O6S/c1-2-33-18(30)16-17(29)15-13(4-3-5-14(15)35(31,32)10-19(21,22)23)28(27-16)11-6-8-12(9-7-11)34-20(24,25)26/h3-9H,2,10H2,1H3. The lowest BCUT2D eigenvalue weighted by Crippen LogP contribution is -2.27. The summed E-state index contributed by atoms with van der Waals surface area (Å²) in [5.74, 6) is -4.18. The molecule has 188 valence electrons. The number of fused-ring (bicyclic) bond motifs is 1. The van der Waals surface area contributed by atoms with Gasteiger partial charge in [-0.15, -0.1) is 13.2 Å². The fourth-order valence-electron chi connectivity index (χ4n) is 3.11. The number of nitrogens with zero attached hydrogens (tertiary/aromatic N) is 2. The van der Waals surface area contributed by atoms with Gasteiger partial charge in [0.25, 0.3) is 0 Å². The summed E-state index contributed by atoms with van der Waals surface area (Å²) < 4.78 is 110. The molecule has 8 nitrogen and oxygen atoms in total. The molecule has 0 aliphatic heterocycles. The average molecular weight is 524 g/mol. The van der Waals surface area contributed by atoms with E-state index < -0.39 is 61.3 Å². The Morgan fingerprint density at radius 2 is 1.66 bits per heavy atom. The lowest BCUT2D eigenvalue weighted by molar-refractivity contribution is -0.274. The third kappa shape index (κ3) is 5.90. The van der Waals surface area contributed by atoms with Gasteiger partial charge in [-0.25, -0.2) is 17.9 Å². The molecule has 0 aliphatic carbocycles. The van der Waals surface area contributed by atoms with Gasteiger partial charge < -0.3 is 9.47 Å². The molecule has 0 atom stereocenters. The first kappa shape index (κ1) is 26.0. The summed E-state index contributed by atoms with van der Waals surface area (Å²) in [5.41, 5.74) is -2.63. The van der Waals surface area contributed by atoms with Gasteiger partial charge in [-0.3, -0.25) is 4.79 Å². The van der Waals surface area contributed by atoms with Gasteiger partial charge in [-0.2, -0.15) is 18.3 Å². The van der Waals surface area contributed by atoms with Gasteiger partial charge in [0.15, 0.2) is 15.6 Å². The topological polar surface area (TPSA) is 105 Å². The van der Waals surface area contributed by atoms with Crippen LogP contribution < -0.4 is 10.2 Å². The van der Waals surface area contributed by atoms with Crippen LogP contribution in [-0.2, 0) is 14.6 Å². The Labute approximate surface area is 192 Å². The molecule has 0 fully saturated rings. The molecule has 0 saturated carbocycles. The van der Waals surface area contributed by atoms with E-state index in [0.29, 0.717) is 0 Å². The van der Waals surface area contributed by atoms with Crippen LogP contribution in [0.1, 0.15) is 17.4 Å². The molecule has 0 bridgehead atoms. The van der Waals surface area contributed by atoms with Crippen LogP contribution >= 0.6 is 0 Å². The summed E-state index contributed by atoms with van der Waals surface area (Å²) in [7, 11) is -5.11. The number of ether oxygens (including phenoxy) is 2. The van der Waals surface area contributed by atoms with Crippen molar-refractivity contribution in [1.82, 2.24) is 9.78 Å². The molecule has 1 aromatic heterocycles. The molecule has 2 aromatic carbocycles. The van der Waals surface area contributed by atoms with Crippen molar-refractivity contribution in [3.63, 3.8) is 0 Å². The van der Waals surface area contributed by atoms with Crippen LogP contribution in [0, 0.1) is 0 Å². The molecule has 3 rings (SSSR count). The number of carbonyl (C=O) groups excluding carboxylic acids is 1. The minimum atomic E-state index is -5.13. The highest BCUT2D eigenvalue weighted by molar-refractivity contribution is 7.91. The Kier molecular flexibility index (Phi) is 6.83. The van der Waals surface area contributed by atoms with Gasteiger partial charge in [-0.05, 0) is 43.3 Å². The van der Waals surface area contributed by atoms with Crippen molar-refractivity contribution < 1.29 is 49.0 Å². The zero-order chi connectivity index (χ0) is 26.2. The molecular formula is C20H14F6N2O6S. The van der Waals surface area contributed by atoms with Crippen molar-refractivity contribution in [1.29, 1.82) is 0 Å². The third-order valence-electron chi connectivity index (χ3n) is 4.35. The zero-order valence-electron chi connectivity index (χ0n) is 17.5. The molecule has 35 heavy (non-hydrogen) atoms. The lowest BCUT2D eigenvalue weighted by Gasteiger charge is -2.15. The summed E-state index contributed by atoms with van der Waals surface area (Å²) in [4.78, 5) is 24.3. The Bertz CT molecular complexity index is 1430. The van der Waals surface area contributed by atoms with E-state index in [1.807, 2.05) is 0 Å². The quantitative estimate of drug-likeness (QED) is 0.357. The maximum absolute atomic E-state index is 13.0. The van der Waals surface area contributed by atoms with Crippen LogP contribution in [-0.4, -0.2) is 49.1 Å². The fraction of sp³-hybridized carbons (Fsp3) is 0.250. The van der Waals surface area contributed by atoms with E-state index in [9.17, 15) is 44.3 Å². The number of halogens is 6. The van der Waals surface area contributed by atoms with E-state index in [4.69, 9.17) is 4.74 Å². The number of sulfone groups is 1. The van der Waals surface area contributed by atoms with Gasteiger partial charge in [0.2, 0.25) is 11.1 Å². The lowest BCUT2D eigenvalue weighted by atomic mass is 10.2. The van der Waals surface area contributed by atoms with E-state index >= 15 is 0 Å². The van der Waals surface area contributed by atoms with Crippen LogP contribution in [0.15, 0.2) is 52.2 Å². The van der Waals surface area contributed by atoms with Gasteiger partial charge in [0.1, 0.15) is 5.75 Å². The number of benzene rings is 2. The molecule has 3 aromatic rings. The van der Waals surface area contributed by atoms with Gasteiger partial charge in [0.05, 0.1) is 28.1 Å². The van der Waals surface area contributed by atoms with Crippen molar-refractivity contribution in [3.05, 3.63) is 58.4 Å². The van der Waals surface area contributed by atoms with Crippen molar-refractivity contribution in [2.45, 2.75) is 24.4 Å². The summed E-state index contributed by atoms with van der Waals surface area (Å²) in [6, 6.07) is 6.81. The maximum Gasteiger partial charge on any atom is 0.573 e. The predicted octanol–water partition coefficient (Wildman–Crippen LogP) is 3.80. The number of carbonyl (C=O) groups is 1. The molecule has 15 heteroatoms. The Morgan fingerprint density at radius 1 is 1.03 bits per heavy atom. The molecule has 0 saturated heterocycles. The van der Waals surface area contributed by atoms with E-state index in [-0.39, 0.29) is 17.8 Å². The first-order chi connectivity index (χ1) is 16.1. The van der Waals surface area contributed by atoms with E-state index in [1.165, 1.54) is 6.92 Å². The van der Waals surface area contributed by atoms with Crippen molar-refractivity contribution >= 4 is 26.7 Å². The Morgan fingerprint density at radius 3 is 2.20 bits per heavy atom. The SMILES string of the molecule is CCOC(=O)c1nn(-c2ccc(OC(F)(F)F)cc2)c2cccc(S(=O)(=O)CC(F)(F)F)c2c1=O. The zero-order valence-corrected chi connectivity index (χ0v) is 18.3. The molecule has 0 N–H and O–H groups in total. The summed E-state index contributed by atoms with van der Waals surface area (Å²) in [5, 5.41) is 3.07. The van der Waals surface area contributed by atoms with Crippen molar-refractivity contribution in [2.75, 3.05) is 12.4 Å². The number of hydrogen-bond donors (Lipinski definition) is 0. The number of esters is 1. The van der Waals surface area contributed by atoms with Crippen molar-refractivity contribution in [3.8, 4) is 11.4 Å². The minimum Gasteiger partial charge on any atom is -0.461 e. The average Bonchev–Trinajstić information content (AvgIpc) is 2.72. The Balaban J connectivity index is 2.33. The molecule has 0 spiro atoms. The van der Waals surface area contributed by atoms with E-state index in [0.717, 1.165) is 47.1 Å². The highest BCUT2D eigenvalue weighted by Gasteiger charge is 2.37. The molecule has 0 unspecified atom stereocenters. The monoisotopic (exact) mass is 524 g/mol. The molecule has 0 radical (unpaired) electrons. The largest absolute Gasteiger partial charge is 0.573 e.